The summed E-state index contributed by atoms with van der Waals surface area (Å²) in [6, 6.07) is 0. The van der Waals surface area contributed by atoms with Gasteiger partial charge >= 0.3 is 5.97 Å². The highest BCUT2D eigenvalue weighted by atomic mass is 17.0. The lowest BCUT2D eigenvalue weighted by Gasteiger charge is -2.46. The summed E-state index contributed by atoms with van der Waals surface area (Å²) in [6.45, 7) is 4.31. The van der Waals surface area contributed by atoms with E-state index in [1.807, 2.05) is 0 Å². The van der Waals surface area contributed by atoms with Crippen molar-refractivity contribution in [1.29, 1.82) is 0 Å². The maximum Gasteiger partial charge on any atom is 0.310 e. The standard InChI is InChI=1S/C15H22O4/c1-9-5-3-4-6-11(9)13(12(16)17)8-15-14(18-15,19-15)7-10(13)2/h9-11H,3-8H2,1-2H3,(H,16,17). The Labute approximate surface area is 113 Å². The predicted molar refractivity (Wildman–Crippen MR) is 67.2 cm³/mol. The average Bonchev–Trinajstić information content (AvgIpc) is 3.13. The van der Waals surface area contributed by atoms with E-state index in [1.54, 1.807) is 0 Å². The number of carboxylic acids is 1. The van der Waals surface area contributed by atoms with E-state index in [2.05, 4.69) is 13.8 Å². The zero-order valence-electron chi connectivity index (χ0n) is 11.6. The first-order valence-electron chi connectivity index (χ1n) is 7.60. The zero-order chi connectivity index (χ0) is 13.5. The number of aliphatic carboxylic acids is 1. The summed E-state index contributed by atoms with van der Waals surface area (Å²) in [4.78, 5) is 12.1. The third kappa shape index (κ3) is 1.30. The monoisotopic (exact) mass is 266 g/mol. The number of rotatable bonds is 2. The van der Waals surface area contributed by atoms with Crippen molar-refractivity contribution in [1.82, 2.24) is 0 Å². The molecular formula is C15H22O4. The van der Waals surface area contributed by atoms with Crippen LogP contribution in [0.1, 0.15) is 52.4 Å². The Morgan fingerprint density at radius 2 is 1.84 bits per heavy atom. The van der Waals surface area contributed by atoms with Crippen molar-refractivity contribution < 1.29 is 19.4 Å². The van der Waals surface area contributed by atoms with Gasteiger partial charge in [0.15, 0.2) is 0 Å². The van der Waals surface area contributed by atoms with Gasteiger partial charge in [-0.2, -0.15) is 0 Å². The molecule has 0 radical (unpaired) electrons. The molecule has 0 aromatic rings. The number of carbonyl (C=O) groups is 1. The molecule has 2 aliphatic heterocycles. The topological polar surface area (TPSA) is 62.4 Å². The van der Waals surface area contributed by atoms with Gasteiger partial charge in [0, 0.05) is 12.8 Å². The molecule has 0 aromatic heterocycles. The van der Waals surface area contributed by atoms with Crippen molar-refractivity contribution in [3.8, 4) is 0 Å². The van der Waals surface area contributed by atoms with Gasteiger partial charge in [-0.25, -0.2) is 0 Å². The molecule has 0 spiro atoms. The second-order valence-electron chi connectivity index (χ2n) is 7.21. The summed E-state index contributed by atoms with van der Waals surface area (Å²) in [5.74, 6) is -0.608. The van der Waals surface area contributed by atoms with Crippen LogP contribution >= 0.6 is 0 Å². The molecule has 2 saturated heterocycles. The highest BCUT2D eigenvalue weighted by Gasteiger charge is 2.94. The second-order valence-corrected chi connectivity index (χ2v) is 7.21. The van der Waals surface area contributed by atoms with E-state index >= 15 is 0 Å². The van der Waals surface area contributed by atoms with Gasteiger partial charge in [0.2, 0.25) is 11.6 Å². The van der Waals surface area contributed by atoms with E-state index < -0.39 is 17.2 Å². The van der Waals surface area contributed by atoms with Crippen molar-refractivity contribution in [2.75, 3.05) is 0 Å². The number of ether oxygens (including phenoxy) is 2. The van der Waals surface area contributed by atoms with Crippen LogP contribution in [-0.4, -0.2) is 22.7 Å². The fourth-order valence-corrected chi connectivity index (χ4v) is 5.10. The van der Waals surface area contributed by atoms with Crippen molar-refractivity contribution in [3.05, 3.63) is 0 Å². The predicted octanol–water partition coefficient (Wildman–Crippen LogP) is 2.77. The normalized spacial score (nSPS) is 58.9. The maximum atomic E-state index is 12.1. The van der Waals surface area contributed by atoms with E-state index in [0.29, 0.717) is 12.3 Å². The molecule has 2 heterocycles. The first kappa shape index (κ1) is 12.2. The molecule has 0 aromatic carbocycles. The van der Waals surface area contributed by atoms with Gasteiger partial charge in [0.1, 0.15) is 0 Å². The summed E-state index contributed by atoms with van der Waals surface area (Å²) in [6.07, 6.45) is 5.92. The molecule has 0 bridgehead atoms. The number of carboxylic acid groups (broad SMARTS) is 1. The first-order valence-corrected chi connectivity index (χ1v) is 7.60. The Kier molecular flexibility index (Phi) is 2.14. The van der Waals surface area contributed by atoms with Gasteiger partial charge in [-0.05, 0) is 24.2 Å². The van der Waals surface area contributed by atoms with Gasteiger partial charge < -0.3 is 14.6 Å². The molecule has 4 atom stereocenters. The van der Waals surface area contributed by atoms with Crippen LogP contribution in [0.25, 0.3) is 0 Å². The van der Waals surface area contributed by atoms with Crippen LogP contribution in [0.15, 0.2) is 0 Å². The van der Waals surface area contributed by atoms with Crippen LogP contribution in [0.2, 0.25) is 0 Å². The number of hydrogen-bond donors (Lipinski definition) is 1. The van der Waals surface area contributed by atoms with Crippen LogP contribution in [0.4, 0.5) is 0 Å². The quantitative estimate of drug-likeness (QED) is 0.781. The minimum Gasteiger partial charge on any atom is -0.481 e. The molecule has 4 aliphatic rings. The first-order chi connectivity index (χ1) is 8.96. The number of epoxide rings is 2. The van der Waals surface area contributed by atoms with Crippen LogP contribution < -0.4 is 0 Å². The molecule has 106 valence electrons. The van der Waals surface area contributed by atoms with Crippen LogP contribution in [0, 0.1) is 23.2 Å². The van der Waals surface area contributed by atoms with Crippen molar-refractivity contribution in [3.63, 3.8) is 0 Å². The van der Waals surface area contributed by atoms with Gasteiger partial charge in [0.25, 0.3) is 0 Å². The molecule has 19 heavy (non-hydrogen) atoms. The van der Waals surface area contributed by atoms with E-state index in [-0.39, 0.29) is 17.6 Å². The molecule has 4 heteroatoms. The fraction of sp³-hybridized carbons (Fsp3) is 0.933. The zero-order valence-corrected chi connectivity index (χ0v) is 11.6. The summed E-state index contributed by atoms with van der Waals surface area (Å²) < 4.78 is 11.3. The lowest BCUT2D eigenvalue weighted by atomic mass is 9.54. The highest BCUT2D eigenvalue weighted by molar-refractivity contribution is 5.76. The lowest BCUT2D eigenvalue weighted by molar-refractivity contribution is -0.165. The molecule has 4 rings (SSSR count). The molecule has 0 amide bonds. The van der Waals surface area contributed by atoms with Crippen LogP contribution in [0.3, 0.4) is 0 Å². The molecule has 2 saturated carbocycles. The summed E-state index contributed by atoms with van der Waals surface area (Å²) >= 11 is 0. The minimum absolute atomic E-state index is 0.133. The Bertz CT molecular complexity index is 439. The van der Waals surface area contributed by atoms with E-state index in [4.69, 9.17) is 9.47 Å². The third-order valence-electron chi connectivity index (χ3n) is 6.31. The van der Waals surface area contributed by atoms with Crippen molar-refractivity contribution in [2.24, 2.45) is 23.2 Å². The van der Waals surface area contributed by atoms with E-state index in [9.17, 15) is 9.90 Å². The lowest BCUT2D eigenvalue weighted by Crippen LogP contribution is -2.50. The fourth-order valence-electron chi connectivity index (χ4n) is 5.10. The molecular weight excluding hydrogens is 244 g/mol. The van der Waals surface area contributed by atoms with Gasteiger partial charge in [-0.15, -0.1) is 0 Å². The smallest absolute Gasteiger partial charge is 0.310 e. The maximum absolute atomic E-state index is 12.1. The minimum atomic E-state index is -0.643. The van der Waals surface area contributed by atoms with Crippen LogP contribution in [-0.2, 0) is 14.3 Å². The second kappa shape index (κ2) is 3.34. The summed E-state index contributed by atoms with van der Waals surface area (Å²) in [5, 5.41) is 9.99. The average molecular weight is 266 g/mol. The molecule has 4 nitrogen and oxygen atoms in total. The number of hydrogen-bond acceptors (Lipinski definition) is 3. The Morgan fingerprint density at radius 3 is 2.47 bits per heavy atom. The van der Waals surface area contributed by atoms with Gasteiger partial charge in [0.05, 0.1) is 5.41 Å². The molecule has 4 fully saturated rings. The SMILES string of the molecule is CC1CCCCC1C1(C(=O)O)CC23OC2(CC1C)O3. The Hall–Kier alpha value is -0.610. The summed E-state index contributed by atoms with van der Waals surface area (Å²) in [5.41, 5.74) is -0.643. The van der Waals surface area contributed by atoms with Crippen LogP contribution in [0.5, 0.6) is 0 Å². The largest absolute Gasteiger partial charge is 0.481 e. The highest BCUT2D eigenvalue weighted by Crippen LogP contribution is 2.79. The van der Waals surface area contributed by atoms with E-state index in [1.165, 1.54) is 6.42 Å². The molecule has 4 unspecified atom stereocenters. The van der Waals surface area contributed by atoms with Gasteiger partial charge in [-0.1, -0.05) is 33.1 Å². The van der Waals surface area contributed by atoms with E-state index in [0.717, 1.165) is 25.7 Å². The van der Waals surface area contributed by atoms with Gasteiger partial charge in [-0.3, -0.25) is 4.79 Å². The van der Waals surface area contributed by atoms with Crippen molar-refractivity contribution >= 4 is 5.97 Å². The summed E-state index contributed by atoms with van der Waals surface area (Å²) in [7, 11) is 0. The molecule has 2 aliphatic carbocycles. The third-order valence-corrected chi connectivity index (χ3v) is 6.31. The Balaban J connectivity index is 1.71. The van der Waals surface area contributed by atoms with Crippen molar-refractivity contribution in [2.45, 2.75) is 63.9 Å². The molecule has 1 N–H and O–H groups in total. The Morgan fingerprint density at radius 1 is 1.16 bits per heavy atom.